The number of hydrogen-bond acceptors (Lipinski definition) is 0. The largest absolute Gasteiger partial charge is 0.0622 e. The predicted molar refractivity (Wildman–Crippen MR) is 156 cm³/mol. The molecule has 1 fully saturated rings. The maximum absolute atomic E-state index is 2.44. The zero-order valence-electron chi connectivity index (χ0n) is 18.9. The Morgan fingerprint density at radius 1 is 0.333 bits per heavy atom. The fraction of sp³-hybridized carbons (Fsp3) is 0.172. The van der Waals surface area contributed by atoms with Gasteiger partial charge in [-0.05, 0) is 76.2 Å². The minimum absolute atomic E-state index is 0.237. The van der Waals surface area contributed by atoms with E-state index in [0.29, 0.717) is 0 Å². The van der Waals surface area contributed by atoms with Gasteiger partial charge in [-0.25, -0.2) is 0 Å². The molecule has 0 N–H and O–H groups in total. The molecule has 0 bridgehead atoms. The minimum atomic E-state index is -0.311. The zero-order chi connectivity index (χ0) is 22.3. The number of hydrogen-bond donors (Lipinski definition) is 0. The van der Waals surface area contributed by atoms with Gasteiger partial charge in [-0.3, -0.25) is 0 Å². The highest BCUT2D eigenvalue weighted by molar-refractivity contribution is 8.81. The number of benzene rings is 4. The topological polar surface area (TPSA) is 0 Å². The highest BCUT2D eigenvalue weighted by atomic mass is 32.7. The van der Waals surface area contributed by atoms with Gasteiger partial charge in [0.25, 0.3) is 0 Å². The molecule has 0 nitrogen and oxygen atoms in total. The van der Waals surface area contributed by atoms with Crippen molar-refractivity contribution in [2.75, 3.05) is 12.3 Å². The molecule has 4 aromatic rings. The first-order valence-electron chi connectivity index (χ1n) is 11.8. The average molecular weight is 502 g/mol. The Kier molecular flexibility index (Phi) is 8.37. The fourth-order valence-electron chi connectivity index (χ4n) is 4.39. The third-order valence-electron chi connectivity index (χ3n) is 5.96. The minimum Gasteiger partial charge on any atom is -0.0622 e. The van der Waals surface area contributed by atoms with Crippen LogP contribution in [0.3, 0.4) is 0 Å². The Labute approximate surface area is 203 Å². The van der Waals surface area contributed by atoms with Crippen LogP contribution in [0.1, 0.15) is 19.3 Å². The van der Waals surface area contributed by atoms with Crippen LogP contribution in [-0.2, 0) is 0 Å². The molecule has 1 saturated heterocycles. The second kappa shape index (κ2) is 11.8. The van der Waals surface area contributed by atoms with Crippen LogP contribution < -0.4 is 21.2 Å². The maximum Gasteiger partial charge on any atom is -0.0111 e. The van der Waals surface area contributed by atoms with Gasteiger partial charge < -0.3 is 0 Å². The van der Waals surface area contributed by atoms with E-state index in [-0.39, 0.29) is 29.8 Å². The van der Waals surface area contributed by atoms with Gasteiger partial charge in [0.1, 0.15) is 0 Å². The summed E-state index contributed by atoms with van der Waals surface area (Å²) in [6.07, 6.45) is 6.82. The van der Waals surface area contributed by atoms with Gasteiger partial charge >= 0.3 is 0 Å². The molecule has 4 unspecified atom stereocenters. The first-order chi connectivity index (χ1) is 16.4. The van der Waals surface area contributed by atoms with E-state index in [1.165, 1.54) is 31.6 Å². The molecule has 33 heavy (non-hydrogen) atoms. The molecule has 4 heteroatoms. The predicted octanol–water partition coefficient (Wildman–Crippen LogP) is 8.14. The second-order valence-electron chi connectivity index (χ2n) is 8.23. The van der Waals surface area contributed by atoms with Crippen molar-refractivity contribution in [1.29, 1.82) is 0 Å². The van der Waals surface area contributed by atoms with Crippen LogP contribution in [0.15, 0.2) is 121 Å². The lowest BCUT2D eigenvalue weighted by Crippen LogP contribution is -2.13. The van der Waals surface area contributed by atoms with Crippen LogP contribution in [0.4, 0.5) is 0 Å². The van der Waals surface area contributed by atoms with E-state index < -0.39 is 0 Å². The molecule has 1 aliphatic heterocycles. The summed E-state index contributed by atoms with van der Waals surface area (Å²) < 4.78 is 0. The van der Waals surface area contributed by atoms with E-state index in [0.717, 1.165) is 0 Å². The highest BCUT2D eigenvalue weighted by Gasteiger charge is 2.38. The summed E-state index contributed by atoms with van der Waals surface area (Å²) in [5, 5.41) is 6.44. The van der Waals surface area contributed by atoms with Crippen molar-refractivity contribution in [3.05, 3.63) is 121 Å². The lowest BCUT2D eigenvalue weighted by Gasteiger charge is -2.39. The molecular formula is C29H30P4. The van der Waals surface area contributed by atoms with Gasteiger partial charge in [0.05, 0.1) is 0 Å². The molecule has 4 atom stereocenters. The zero-order valence-corrected chi connectivity index (χ0v) is 22.4. The van der Waals surface area contributed by atoms with Gasteiger partial charge in [0.2, 0.25) is 0 Å². The van der Waals surface area contributed by atoms with Gasteiger partial charge in [-0.1, -0.05) is 128 Å². The van der Waals surface area contributed by atoms with Gasteiger partial charge in [0.15, 0.2) is 0 Å². The van der Waals surface area contributed by atoms with Crippen LogP contribution >= 0.6 is 29.8 Å². The van der Waals surface area contributed by atoms with Crippen molar-refractivity contribution in [2.24, 2.45) is 0 Å². The van der Waals surface area contributed by atoms with Crippen LogP contribution in [0.2, 0.25) is 0 Å². The van der Waals surface area contributed by atoms with Crippen LogP contribution in [-0.4, -0.2) is 12.3 Å². The van der Waals surface area contributed by atoms with E-state index in [4.69, 9.17) is 0 Å². The van der Waals surface area contributed by atoms with Gasteiger partial charge in [0, 0.05) is 0 Å². The number of rotatable bonds is 4. The van der Waals surface area contributed by atoms with Crippen molar-refractivity contribution in [3.63, 3.8) is 0 Å². The summed E-state index contributed by atoms with van der Waals surface area (Å²) in [6, 6.07) is 46.3. The lowest BCUT2D eigenvalue weighted by molar-refractivity contribution is 0.783. The average Bonchev–Trinajstić information content (AvgIpc) is 3.00. The van der Waals surface area contributed by atoms with E-state index >= 15 is 0 Å². The fourth-order valence-corrected chi connectivity index (χ4v) is 34.2. The molecule has 1 aliphatic rings. The van der Waals surface area contributed by atoms with Crippen LogP contribution in [0.5, 0.6) is 0 Å². The monoisotopic (exact) mass is 502 g/mol. The Morgan fingerprint density at radius 2 is 0.636 bits per heavy atom. The first-order valence-corrected chi connectivity index (χ1v) is 19.6. The van der Waals surface area contributed by atoms with E-state index in [1.807, 2.05) is 0 Å². The molecule has 5 rings (SSSR count). The van der Waals surface area contributed by atoms with Gasteiger partial charge in [-0.15, -0.1) is 0 Å². The van der Waals surface area contributed by atoms with Crippen molar-refractivity contribution >= 4 is 51.0 Å². The molecule has 0 saturated carbocycles. The van der Waals surface area contributed by atoms with Crippen molar-refractivity contribution in [2.45, 2.75) is 19.3 Å². The molecule has 0 radical (unpaired) electrons. The van der Waals surface area contributed by atoms with Gasteiger partial charge in [-0.2, -0.15) is 0 Å². The SMILES string of the molecule is c1ccc(P2CCCCCP(c3ccccc3)P(c3ccccc3)P2c2ccccc2)cc1. The maximum atomic E-state index is 2.44. The Balaban J connectivity index is 1.73. The molecule has 0 amide bonds. The first kappa shape index (κ1) is 23.3. The summed E-state index contributed by atoms with van der Waals surface area (Å²) in [7, 11) is -1.10. The van der Waals surface area contributed by atoms with Crippen molar-refractivity contribution in [1.82, 2.24) is 0 Å². The van der Waals surface area contributed by atoms with E-state index in [9.17, 15) is 0 Å². The molecule has 1 heterocycles. The molecular weight excluding hydrogens is 472 g/mol. The highest BCUT2D eigenvalue weighted by Crippen LogP contribution is 2.95. The lowest BCUT2D eigenvalue weighted by atomic mass is 10.3. The normalized spacial score (nSPS) is 23.8. The summed E-state index contributed by atoms with van der Waals surface area (Å²) in [6.45, 7) is 0. The third-order valence-corrected chi connectivity index (χ3v) is 29.6. The molecule has 0 aliphatic carbocycles. The standard InChI is InChI=1S/C29H30P4/c1-6-16-26(17-7-1)30-24-14-5-15-25-31(27-18-8-2-9-19-27)33(29-22-12-4-13-23-29)32(30)28-20-10-3-11-21-28/h1-4,6-13,16-23H,5,14-15,24-25H2. The molecule has 0 spiro atoms. The van der Waals surface area contributed by atoms with E-state index in [1.54, 1.807) is 21.2 Å². The Hall–Kier alpha value is -1.40. The Morgan fingerprint density at radius 3 is 0.970 bits per heavy atom. The molecule has 166 valence electrons. The van der Waals surface area contributed by atoms with Crippen LogP contribution in [0.25, 0.3) is 0 Å². The summed E-state index contributed by atoms with van der Waals surface area (Å²) in [4.78, 5) is 0. The molecule has 0 aromatic heterocycles. The molecule has 4 aromatic carbocycles. The van der Waals surface area contributed by atoms with Crippen molar-refractivity contribution < 1.29 is 0 Å². The quantitative estimate of drug-likeness (QED) is 0.247. The Bertz CT molecular complexity index is 1010. The smallest absolute Gasteiger partial charge is 0.0111 e. The second-order valence-corrected chi connectivity index (χ2v) is 23.5. The van der Waals surface area contributed by atoms with Crippen LogP contribution in [0, 0.1) is 0 Å². The van der Waals surface area contributed by atoms with Crippen molar-refractivity contribution in [3.8, 4) is 0 Å². The summed E-state index contributed by atoms with van der Waals surface area (Å²) in [5.41, 5.74) is 0. The summed E-state index contributed by atoms with van der Waals surface area (Å²) in [5.74, 6) is 0. The summed E-state index contributed by atoms with van der Waals surface area (Å²) >= 11 is 0. The third kappa shape index (κ3) is 5.64. The van der Waals surface area contributed by atoms with E-state index in [2.05, 4.69) is 121 Å².